The second-order valence-corrected chi connectivity index (χ2v) is 4.52. The number of nitrogens with zero attached hydrogens (tertiary/aromatic N) is 3. The summed E-state index contributed by atoms with van der Waals surface area (Å²) in [5, 5.41) is 0.299. The van der Waals surface area contributed by atoms with Crippen molar-refractivity contribution in [1.29, 1.82) is 0 Å². The van der Waals surface area contributed by atoms with E-state index in [-0.39, 0.29) is 6.10 Å². The molecule has 4 nitrogen and oxygen atoms in total. The first-order chi connectivity index (χ1) is 7.58. The number of aryl methyl sites for hydroxylation is 1. The average molecular weight is 242 g/mol. The van der Waals surface area contributed by atoms with E-state index in [1.165, 1.54) is 0 Å². The Morgan fingerprint density at radius 1 is 1.50 bits per heavy atom. The van der Waals surface area contributed by atoms with Gasteiger partial charge in [0, 0.05) is 25.4 Å². The molecule has 2 rings (SSSR count). The summed E-state index contributed by atoms with van der Waals surface area (Å²) in [4.78, 5) is 10.4. The molecule has 0 bridgehead atoms. The van der Waals surface area contributed by atoms with E-state index in [0.717, 1.165) is 24.5 Å². The third-order valence-electron chi connectivity index (χ3n) is 3.01. The molecule has 1 aromatic rings. The lowest BCUT2D eigenvalue weighted by Gasteiger charge is -2.27. The normalized spacial score (nSPS) is 24.8. The smallest absolute Gasteiger partial charge is 0.224 e. The van der Waals surface area contributed by atoms with E-state index < -0.39 is 0 Å². The molecule has 1 aliphatic heterocycles. The van der Waals surface area contributed by atoms with Gasteiger partial charge in [0.1, 0.15) is 5.82 Å². The minimum atomic E-state index is 0.235. The highest BCUT2D eigenvalue weighted by atomic mass is 35.5. The predicted molar refractivity (Wildman–Crippen MR) is 64.0 cm³/mol. The summed E-state index contributed by atoms with van der Waals surface area (Å²) >= 11 is 5.86. The first-order valence-electron chi connectivity index (χ1n) is 5.43. The van der Waals surface area contributed by atoms with Gasteiger partial charge in [0.15, 0.2) is 0 Å². The molecular weight excluding hydrogens is 226 g/mol. The molecule has 1 aliphatic rings. The molecule has 5 heteroatoms. The van der Waals surface area contributed by atoms with Crippen LogP contribution in [0.2, 0.25) is 5.28 Å². The molecule has 1 saturated heterocycles. The zero-order chi connectivity index (χ0) is 11.7. The molecule has 0 aromatic carbocycles. The standard InChI is InChI=1S/C11H16ClN3O/c1-7-6-10(14-11(12)13-7)15(3)9-4-5-16-8(9)2/h6,8-9H,4-5H2,1-3H3. The second-order valence-electron chi connectivity index (χ2n) is 4.18. The molecule has 0 radical (unpaired) electrons. The lowest BCUT2D eigenvalue weighted by Crippen LogP contribution is -2.37. The van der Waals surface area contributed by atoms with Crippen LogP contribution in [0.5, 0.6) is 0 Å². The Morgan fingerprint density at radius 2 is 2.25 bits per heavy atom. The van der Waals surface area contributed by atoms with Crippen molar-refractivity contribution >= 4 is 17.4 Å². The fourth-order valence-corrected chi connectivity index (χ4v) is 2.32. The van der Waals surface area contributed by atoms with Crippen LogP contribution < -0.4 is 4.90 Å². The number of rotatable bonds is 2. The van der Waals surface area contributed by atoms with Gasteiger partial charge in [0.2, 0.25) is 5.28 Å². The maximum atomic E-state index is 5.86. The minimum Gasteiger partial charge on any atom is -0.376 e. The van der Waals surface area contributed by atoms with E-state index >= 15 is 0 Å². The van der Waals surface area contributed by atoms with E-state index in [0.29, 0.717) is 11.3 Å². The Kier molecular flexibility index (Phi) is 3.30. The molecule has 88 valence electrons. The zero-order valence-electron chi connectivity index (χ0n) is 9.77. The van der Waals surface area contributed by atoms with Crippen molar-refractivity contribution in [2.24, 2.45) is 0 Å². The highest BCUT2D eigenvalue weighted by Gasteiger charge is 2.28. The van der Waals surface area contributed by atoms with Crippen molar-refractivity contribution in [2.75, 3.05) is 18.6 Å². The number of hydrogen-bond donors (Lipinski definition) is 0. The molecule has 2 heterocycles. The van der Waals surface area contributed by atoms with Gasteiger partial charge in [-0.3, -0.25) is 0 Å². The van der Waals surface area contributed by atoms with Crippen LogP contribution in [0, 0.1) is 6.92 Å². The van der Waals surface area contributed by atoms with E-state index in [2.05, 4.69) is 21.8 Å². The van der Waals surface area contributed by atoms with Crippen LogP contribution in [0.4, 0.5) is 5.82 Å². The van der Waals surface area contributed by atoms with Gasteiger partial charge in [-0.15, -0.1) is 0 Å². The van der Waals surface area contributed by atoms with E-state index in [9.17, 15) is 0 Å². The zero-order valence-corrected chi connectivity index (χ0v) is 10.5. The number of aromatic nitrogens is 2. The van der Waals surface area contributed by atoms with Gasteiger partial charge in [-0.25, -0.2) is 9.97 Å². The van der Waals surface area contributed by atoms with Crippen molar-refractivity contribution in [1.82, 2.24) is 9.97 Å². The summed E-state index contributed by atoms with van der Waals surface area (Å²) in [6.07, 6.45) is 1.26. The van der Waals surface area contributed by atoms with Crippen LogP contribution in [-0.4, -0.2) is 35.8 Å². The Labute approximate surface area is 101 Å². The van der Waals surface area contributed by atoms with Gasteiger partial charge < -0.3 is 9.64 Å². The fourth-order valence-electron chi connectivity index (χ4n) is 2.10. The van der Waals surface area contributed by atoms with Gasteiger partial charge in [-0.1, -0.05) is 0 Å². The monoisotopic (exact) mass is 241 g/mol. The second kappa shape index (κ2) is 4.55. The molecule has 0 spiro atoms. The average Bonchev–Trinajstić information content (AvgIpc) is 2.62. The first-order valence-corrected chi connectivity index (χ1v) is 5.81. The third kappa shape index (κ3) is 2.28. The van der Waals surface area contributed by atoms with Crippen molar-refractivity contribution in [2.45, 2.75) is 32.4 Å². The SMILES string of the molecule is Cc1cc(N(C)C2CCOC2C)nc(Cl)n1. The third-order valence-corrected chi connectivity index (χ3v) is 3.18. The van der Waals surface area contributed by atoms with Crippen molar-refractivity contribution in [3.63, 3.8) is 0 Å². The lowest BCUT2D eigenvalue weighted by molar-refractivity contribution is 0.118. The van der Waals surface area contributed by atoms with Crippen molar-refractivity contribution < 1.29 is 4.74 Å². The van der Waals surface area contributed by atoms with Crippen LogP contribution in [0.1, 0.15) is 19.0 Å². The Balaban J connectivity index is 2.22. The van der Waals surface area contributed by atoms with Crippen molar-refractivity contribution in [3.8, 4) is 0 Å². The van der Waals surface area contributed by atoms with Gasteiger partial charge in [0.25, 0.3) is 0 Å². The van der Waals surface area contributed by atoms with Gasteiger partial charge in [0.05, 0.1) is 12.1 Å². The van der Waals surface area contributed by atoms with Gasteiger partial charge in [-0.05, 0) is 31.9 Å². The molecule has 1 aromatic heterocycles. The number of ether oxygens (including phenoxy) is 1. The van der Waals surface area contributed by atoms with E-state index in [4.69, 9.17) is 16.3 Å². The maximum Gasteiger partial charge on any atom is 0.224 e. The Hall–Kier alpha value is -0.870. The lowest BCUT2D eigenvalue weighted by atomic mass is 10.1. The fraction of sp³-hybridized carbons (Fsp3) is 0.636. The van der Waals surface area contributed by atoms with Gasteiger partial charge >= 0.3 is 0 Å². The topological polar surface area (TPSA) is 38.2 Å². The summed E-state index contributed by atoms with van der Waals surface area (Å²) in [7, 11) is 2.02. The molecule has 16 heavy (non-hydrogen) atoms. The number of likely N-dealkylation sites (N-methyl/N-ethyl adjacent to an activating group) is 1. The Morgan fingerprint density at radius 3 is 2.81 bits per heavy atom. The maximum absolute atomic E-state index is 5.86. The summed E-state index contributed by atoms with van der Waals surface area (Å²) in [6, 6.07) is 2.31. The highest BCUT2D eigenvalue weighted by molar-refractivity contribution is 6.28. The molecule has 0 saturated carbocycles. The predicted octanol–water partition coefficient (Wildman–Crippen LogP) is 2.05. The number of hydrogen-bond acceptors (Lipinski definition) is 4. The van der Waals surface area contributed by atoms with Crippen LogP contribution in [0.15, 0.2) is 6.07 Å². The molecular formula is C11H16ClN3O. The molecule has 1 fully saturated rings. The van der Waals surface area contributed by atoms with Crippen LogP contribution >= 0.6 is 11.6 Å². The summed E-state index contributed by atoms with van der Waals surface area (Å²) in [5.41, 5.74) is 0.883. The highest BCUT2D eigenvalue weighted by Crippen LogP contribution is 2.23. The molecule has 0 aliphatic carbocycles. The van der Waals surface area contributed by atoms with Crippen molar-refractivity contribution in [3.05, 3.63) is 17.0 Å². The molecule has 2 atom stereocenters. The minimum absolute atomic E-state index is 0.235. The van der Waals surface area contributed by atoms with Crippen LogP contribution in [-0.2, 0) is 4.74 Å². The Bertz CT molecular complexity index is 365. The quantitative estimate of drug-likeness (QED) is 0.743. The largest absolute Gasteiger partial charge is 0.376 e. The van der Waals surface area contributed by atoms with E-state index in [1.807, 2.05) is 20.0 Å². The summed E-state index contributed by atoms with van der Waals surface area (Å²) in [5.74, 6) is 0.861. The van der Waals surface area contributed by atoms with E-state index in [1.54, 1.807) is 0 Å². The van der Waals surface area contributed by atoms with Crippen LogP contribution in [0.3, 0.4) is 0 Å². The molecule has 0 N–H and O–H groups in total. The van der Waals surface area contributed by atoms with Crippen LogP contribution in [0.25, 0.3) is 0 Å². The summed E-state index contributed by atoms with van der Waals surface area (Å²) < 4.78 is 5.55. The molecule has 2 unspecified atom stereocenters. The number of halogens is 1. The van der Waals surface area contributed by atoms with Gasteiger partial charge in [-0.2, -0.15) is 0 Å². The first kappa shape index (κ1) is 11.6. The number of anilines is 1. The summed E-state index contributed by atoms with van der Waals surface area (Å²) in [6.45, 7) is 4.82. The molecule has 0 amide bonds.